The summed E-state index contributed by atoms with van der Waals surface area (Å²) >= 11 is 1.84. The SMILES string of the molecule is O=C(O)C(C1CCS(=O)(=O)CC1)N1CCSCC1. The Morgan fingerprint density at radius 2 is 1.78 bits per heavy atom. The van der Waals surface area contributed by atoms with Crippen molar-refractivity contribution in [2.45, 2.75) is 18.9 Å². The van der Waals surface area contributed by atoms with Crippen LogP contribution in [0.3, 0.4) is 0 Å². The predicted molar refractivity (Wildman–Crippen MR) is 71.7 cm³/mol. The van der Waals surface area contributed by atoms with Gasteiger partial charge in [-0.15, -0.1) is 0 Å². The van der Waals surface area contributed by atoms with E-state index in [4.69, 9.17) is 0 Å². The van der Waals surface area contributed by atoms with Crippen LogP contribution in [0.1, 0.15) is 12.8 Å². The molecule has 2 fully saturated rings. The maximum absolute atomic E-state index is 11.5. The molecule has 0 bridgehead atoms. The van der Waals surface area contributed by atoms with Crippen molar-refractivity contribution in [3.8, 4) is 0 Å². The average molecular weight is 293 g/mol. The minimum absolute atomic E-state index is 0.0193. The van der Waals surface area contributed by atoms with Crippen LogP contribution in [0.15, 0.2) is 0 Å². The van der Waals surface area contributed by atoms with Gasteiger partial charge in [0.1, 0.15) is 15.9 Å². The van der Waals surface area contributed by atoms with Crippen LogP contribution < -0.4 is 0 Å². The highest BCUT2D eigenvalue weighted by molar-refractivity contribution is 7.99. The summed E-state index contributed by atoms with van der Waals surface area (Å²) in [6.07, 6.45) is 0.978. The lowest BCUT2D eigenvalue weighted by atomic mass is 9.92. The van der Waals surface area contributed by atoms with Crippen LogP contribution in [0.2, 0.25) is 0 Å². The van der Waals surface area contributed by atoms with E-state index >= 15 is 0 Å². The Bertz CT molecular complexity index is 389. The van der Waals surface area contributed by atoms with Gasteiger partial charge in [-0.05, 0) is 18.8 Å². The van der Waals surface area contributed by atoms with E-state index in [0.29, 0.717) is 12.8 Å². The number of carboxylic acid groups (broad SMARTS) is 1. The minimum atomic E-state index is -2.92. The van der Waals surface area contributed by atoms with Gasteiger partial charge in [0, 0.05) is 24.6 Å². The standard InChI is InChI=1S/C11H19NO4S2/c13-11(14)10(12-3-5-17-6-4-12)9-1-7-18(15,16)8-2-9/h9-10H,1-8H2,(H,13,14). The van der Waals surface area contributed by atoms with Crippen LogP contribution in [-0.4, -0.2) is 66.5 Å². The second-order valence-electron chi connectivity index (χ2n) is 4.92. The zero-order chi connectivity index (χ0) is 13.2. The molecule has 18 heavy (non-hydrogen) atoms. The Hall–Kier alpha value is -0.270. The molecule has 1 N–H and O–H groups in total. The van der Waals surface area contributed by atoms with Crippen LogP contribution in [-0.2, 0) is 14.6 Å². The molecule has 5 nitrogen and oxygen atoms in total. The lowest BCUT2D eigenvalue weighted by molar-refractivity contribution is -0.145. The highest BCUT2D eigenvalue weighted by Crippen LogP contribution is 2.27. The van der Waals surface area contributed by atoms with E-state index in [9.17, 15) is 18.3 Å². The molecule has 1 unspecified atom stereocenters. The number of aliphatic carboxylic acids is 1. The van der Waals surface area contributed by atoms with Crippen LogP contribution in [0, 0.1) is 5.92 Å². The molecule has 0 aliphatic carbocycles. The van der Waals surface area contributed by atoms with Crippen molar-refractivity contribution >= 4 is 27.6 Å². The Labute approximate surface area is 112 Å². The quantitative estimate of drug-likeness (QED) is 0.807. The normalized spacial score (nSPS) is 27.8. The van der Waals surface area contributed by atoms with Gasteiger partial charge in [0.05, 0.1) is 11.5 Å². The van der Waals surface area contributed by atoms with Gasteiger partial charge in [-0.1, -0.05) is 0 Å². The first-order valence-corrected chi connectivity index (χ1v) is 9.22. The molecule has 0 spiro atoms. The predicted octanol–water partition coefficient (Wildman–Crippen LogP) is 0.313. The van der Waals surface area contributed by atoms with Gasteiger partial charge < -0.3 is 5.11 Å². The molecule has 2 rings (SSSR count). The van der Waals surface area contributed by atoms with Crippen molar-refractivity contribution in [1.82, 2.24) is 4.90 Å². The molecule has 0 aromatic carbocycles. The number of thioether (sulfide) groups is 1. The number of sulfone groups is 1. The summed E-state index contributed by atoms with van der Waals surface area (Å²) in [4.78, 5) is 13.5. The van der Waals surface area contributed by atoms with E-state index < -0.39 is 21.8 Å². The van der Waals surface area contributed by atoms with Crippen molar-refractivity contribution in [1.29, 1.82) is 0 Å². The number of hydrogen-bond donors (Lipinski definition) is 1. The van der Waals surface area contributed by atoms with Crippen LogP contribution >= 0.6 is 11.8 Å². The second kappa shape index (κ2) is 5.79. The molecule has 2 saturated heterocycles. The van der Waals surface area contributed by atoms with E-state index in [0.717, 1.165) is 24.6 Å². The lowest BCUT2D eigenvalue weighted by Gasteiger charge is -2.37. The Balaban J connectivity index is 2.04. The van der Waals surface area contributed by atoms with Gasteiger partial charge >= 0.3 is 5.97 Å². The Kier molecular flexibility index (Phi) is 4.55. The maximum atomic E-state index is 11.5. The van der Waals surface area contributed by atoms with E-state index in [-0.39, 0.29) is 17.4 Å². The van der Waals surface area contributed by atoms with Crippen molar-refractivity contribution in [2.24, 2.45) is 5.92 Å². The summed E-state index contributed by atoms with van der Waals surface area (Å²) < 4.78 is 22.8. The summed E-state index contributed by atoms with van der Waals surface area (Å²) in [6, 6.07) is -0.499. The van der Waals surface area contributed by atoms with Crippen LogP contribution in [0.25, 0.3) is 0 Å². The molecule has 2 aliphatic heterocycles. The molecular weight excluding hydrogens is 274 g/mol. The zero-order valence-corrected chi connectivity index (χ0v) is 11.9. The lowest BCUT2D eigenvalue weighted by Crippen LogP contribution is -2.51. The van der Waals surface area contributed by atoms with Crippen molar-refractivity contribution < 1.29 is 18.3 Å². The maximum Gasteiger partial charge on any atom is 0.321 e. The van der Waals surface area contributed by atoms with Crippen molar-refractivity contribution in [2.75, 3.05) is 36.1 Å². The fourth-order valence-electron chi connectivity index (χ4n) is 2.74. The van der Waals surface area contributed by atoms with Gasteiger partial charge in [0.15, 0.2) is 0 Å². The van der Waals surface area contributed by atoms with Gasteiger partial charge in [-0.2, -0.15) is 11.8 Å². The fourth-order valence-corrected chi connectivity index (χ4v) is 5.19. The second-order valence-corrected chi connectivity index (χ2v) is 8.45. The molecule has 0 aromatic heterocycles. The van der Waals surface area contributed by atoms with Gasteiger partial charge in [-0.3, -0.25) is 9.69 Å². The van der Waals surface area contributed by atoms with Gasteiger partial charge in [0.25, 0.3) is 0 Å². The molecule has 0 saturated carbocycles. The number of hydrogen-bond acceptors (Lipinski definition) is 5. The summed E-state index contributed by atoms with van der Waals surface area (Å²) in [5.41, 5.74) is 0. The monoisotopic (exact) mass is 293 g/mol. The molecule has 7 heteroatoms. The molecular formula is C11H19NO4S2. The van der Waals surface area contributed by atoms with Gasteiger partial charge in [0.2, 0.25) is 0 Å². The number of rotatable bonds is 3. The summed E-state index contributed by atoms with van der Waals surface area (Å²) in [5.74, 6) is 1.40. The van der Waals surface area contributed by atoms with Crippen LogP contribution in [0.4, 0.5) is 0 Å². The fraction of sp³-hybridized carbons (Fsp3) is 0.909. The highest BCUT2D eigenvalue weighted by atomic mass is 32.2. The number of carboxylic acids is 1. The third kappa shape index (κ3) is 3.39. The minimum Gasteiger partial charge on any atom is -0.480 e. The number of carbonyl (C=O) groups is 1. The summed E-state index contributed by atoms with van der Waals surface area (Å²) in [5, 5.41) is 9.41. The number of nitrogens with zero attached hydrogens (tertiary/aromatic N) is 1. The first kappa shape index (κ1) is 14.1. The summed E-state index contributed by atoms with van der Waals surface area (Å²) in [6.45, 7) is 1.59. The Morgan fingerprint density at radius 3 is 2.28 bits per heavy atom. The van der Waals surface area contributed by atoms with Crippen molar-refractivity contribution in [3.05, 3.63) is 0 Å². The van der Waals surface area contributed by atoms with Crippen molar-refractivity contribution in [3.63, 3.8) is 0 Å². The largest absolute Gasteiger partial charge is 0.480 e. The average Bonchev–Trinajstić information content (AvgIpc) is 2.33. The molecule has 104 valence electrons. The molecule has 0 amide bonds. The van der Waals surface area contributed by atoms with Crippen LogP contribution in [0.5, 0.6) is 0 Å². The zero-order valence-electron chi connectivity index (χ0n) is 10.2. The third-order valence-corrected chi connectivity index (χ3v) is 6.40. The third-order valence-electron chi connectivity index (χ3n) is 3.74. The van der Waals surface area contributed by atoms with E-state index in [1.807, 2.05) is 16.7 Å². The van der Waals surface area contributed by atoms with E-state index in [1.54, 1.807) is 0 Å². The molecule has 0 radical (unpaired) electrons. The molecule has 0 aromatic rings. The summed E-state index contributed by atoms with van der Waals surface area (Å²) in [7, 11) is -2.92. The Morgan fingerprint density at radius 1 is 1.22 bits per heavy atom. The molecule has 2 heterocycles. The first-order chi connectivity index (χ1) is 8.49. The van der Waals surface area contributed by atoms with E-state index in [2.05, 4.69) is 0 Å². The molecule has 1 atom stereocenters. The topological polar surface area (TPSA) is 74.7 Å². The van der Waals surface area contributed by atoms with Gasteiger partial charge in [-0.25, -0.2) is 8.42 Å². The highest BCUT2D eigenvalue weighted by Gasteiger charge is 2.37. The first-order valence-electron chi connectivity index (χ1n) is 6.24. The smallest absolute Gasteiger partial charge is 0.321 e. The van der Waals surface area contributed by atoms with E-state index in [1.165, 1.54) is 0 Å². The molecule has 2 aliphatic rings.